The second kappa shape index (κ2) is 5.73. The molecular formula is C19H17N5O. The molecule has 6 heteroatoms. The van der Waals surface area contributed by atoms with Crippen LogP contribution in [0.2, 0.25) is 0 Å². The van der Waals surface area contributed by atoms with Crippen molar-refractivity contribution in [3.05, 3.63) is 60.4 Å². The first-order chi connectivity index (χ1) is 12.4. The minimum Gasteiger partial charge on any atom is -0.440 e. The van der Waals surface area contributed by atoms with Crippen LogP contribution in [0.15, 0.2) is 53.3 Å². The number of benzene rings is 1. The summed E-state index contributed by atoms with van der Waals surface area (Å²) < 4.78 is 5.88. The van der Waals surface area contributed by atoms with E-state index in [1.807, 2.05) is 42.7 Å². The molecule has 3 heterocycles. The number of fused-ring (bicyclic) bond motifs is 1. The maximum Gasteiger partial charge on any atom is 0.198 e. The van der Waals surface area contributed by atoms with Crippen LogP contribution in [0.25, 0.3) is 22.4 Å². The van der Waals surface area contributed by atoms with E-state index in [4.69, 9.17) is 4.42 Å². The van der Waals surface area contributed by atoms with Crippen molar-refractivity contribution >= 4 is 16.8 Å². The van der Waals surface area contributed by atoms with E-state index in [1.165, 1.54) is 12.8 Å². The number of anilines is 1. The number of oxazole rings is 1. The molecule has 4 aromatic rings. The Morgan fingerprint density at radius 2 is 2.16 bits per heavy atom. The summed E-state index contributed by atoms with van der Waals surface area (Å²) in [6.45, 7) is 0.663. The second-order valence-electron chi connectivity index (χ2n) is 6.37. The Balaban J connectivity index is 1.36. The molecule has 2 N–H and O–H groups in total. The molecule has 25 heavy (non-hydrogen) atoms. The van der Waals surface area contributed by atoms with Gasteiger partial charge in [-0.2, -0.15) is 5.10 Å². The Labute approximate surface area is 144 Å². The average Bonchev–Trinajstić information content (AvgIpc) is 3.25. The van der Waals surface area contributed by atoms with Crippen LogP contribution in [0.4, 0.5) is 5.69 Å². The highest BCUT2D eigenvalue weighted by Gasteiger charge is 2.28. The number of aromatic nitrogens is 4. The lowest BCUT2D eigenvalue weighted by atomic mass is 10.1. The lowest BCUT2D eigenvalue weighted by Crippen LogP contribution is -1.99. The number of rotatable bonds is 5. The van der Waals surface area contributed by atoms with Crippen LogP contribution in [0.1, 0.15) is 30.2 Å². The van der Waals surface area contributed by atoms with E-state index >= 15 is 0 Å². The molecule has 3 aromatic heterocycles. The maximum atomic E-state index is 5.88. The Hall–Kier alpha value is -3.15. The molecule has 5 rings (SSSR count). The van der Waals surface area contributed by atoms with Crippen LogP contribution in [-0.4, -0.2) is 20.2 Å². The standard InChI is InChI=1S/C19H17N5O/c1-2-13(9-20-7-1)18-14(11-22-24-18)10-21-15-5-6-16-17(8-15)25-19(23-16)12-3-4-12/h1-2,5-9,11-12,21H,3-4,10H2,(H,22,24). The predicted molar refractivity (Wildman–Crippen MR) is 95.1 cm³/mol. The Morgan fingerprint density at radius 1 is 1.20 bits per heavy atom. The molecule has 0 radical (unpaired) electrons. The summed E-state index contributed by atoms with van der Waals surface area (Å²) in [6.07, 6.45) is 7.82. The van der Waals surface area contributed by atoms with Crippen LogP contribution < -0.4 is 5.32 Å². The molecule has 124 valence electrons. The summed E-state index contributed by atoms with van der Waals surface area (Å²) in [6, 6.07) is 9.99. The molecule has 0 bridgehead atoms. The van der Waals surface area contributed by atoms with Crippen molar-refractivity contribution in [3.63, 3.8) is 0 Å². The molecule has 0 amide bonds. The first-order valence-electron chi connectivity index (χ1n) is 8.44. The number of aromatic amines is 1. The SMILES string of the molecule is c1cncc(-c2[nH]ncc2CNc2ccc3nc(C4CC4)oc3c2)c1. The van der Waals surface area contributed by atoms with E-state index in [0.717, 1.165) is 39.5 Å². The second-order valence-corrected chi connectivity index (χ2v) is 6.37. The van der Waals surface area contributed by atoms with Crippen molar-refractivity contribution in [2.45, 2.75) is 25.3 Å². The van der Waals surface area contributed by atoms with Gasteiger partial charge in [-0.3, -0.25) is 10.1 Å². The highest BCUT2D eigenvalue weighted by atomic mass is 16.3. The molecule has 0 aliphatic heterocycles. The zero-order chi connectivity index (χ0) is 16.6. The minimum absolute atomic E-state index is 0.525. The fourth-order valence-corrected chi connectivity index (χ4v) is 2.96. The van der Waals surface area contributed by atoms with Crippen LogP contribution in [-0.2, 0) is 6.54 Å². The number of nitrogens with zero attached hydrogens (tertiary/aromatic N) is 3. The molecular weight excluding hydrogens is 314 g/mol. The van der Waals surface area contributed by atoms with E-state index in [9.17, 15) is 0 Å². The number of pyridine rings is 1. The average molecular weight is 331 g/mol. The fraction of sp³-hybridized carbons (Fsp3) is 0.211. The maximum absolute atomic E-state index is 5.88. The summed E-state index contributed by atoms with van der Waals surface area (Å²) >= 11 is 0. The third kappa shape index (κ3) is 2.76. The van der Waals surface area contributed by atoms with Gasteiger partial charge < -0.3 is 9.73 Å². The van der Waals surface area contributed by atoms with Crippen molar-refractivity contribution in [1.82, 2.24) is 20.2 Å². The van der Waals surface area contributed by atoms with Gasteiger partial charge in [-0.15, -0.1) is 0 Å². The van der Waals surface area contributed by atoms with Gasteiger partial charge >= 0.3 is 0 Å². The number of nitrogens with one attached hydrogen (secondary N) is 2. The molecule has 0 saturated heterocycles. The van der Waals surface area contributed by atoms with Gasteiger partial charge in [0.05, 0.1) is 11.9 Å². The zero-order valence-electron chi connectivity index (χ0n) is 13.6. The van der Waals surface area contributed by atoms with E-state index in [2.05, 4.69) is 25.5 Å². The third-order valence-corrected chi connectivity index (χ3v) is 4.48. The summed E-state index contributed by atoms with van der Waals surface area (Å²) in [5.74, 6) is 1.40. The van der Waals surface area contributed by atoms with Gasteiger partial charge in [0, 0.05) is 47.7 Å². The van der Waals surface area contributed by atoms with Gasteiger partial charge in [0.15, 0.2) is 11.5 Å². The molecule has 1 aliphatic carbocycles. The highest BCUT2D eigenvalue weighted by Crippen LogP contribution is 2.40. The summed E-state index contributed by atoms with van der Waals surface area (Å²) in [7, 11) is 0. The zero-order valence-corrected chi connectivity index (χ0v) is 13.6. The summed E-state index contributed by atoms with van der Waals surface area (Å²) in [4.78, 5) is 8.73. The molecule has 1 fully saturated rings. The molecule has 0 atom stereocenters. The number of H-pyrrole nitrogens is 1. The van der Waals surface area contributed by atoms with Gasteiger partial charge in [0.1, 0.15) is 5.52 Å². The topological polar surface area (TPSA) is 79.6 Å². The lowest BCUT2D eigenvalue weighted by molar-refractivity contribution is 0.533. The number of hydrogen-bond donors (Lipinski definition) is 2. The third-order valence-electron chi connectivity index (χ3n) is 4.48. The van der Waals surface area contributed by atoms with Crippen molar-refractivity contribution in [2.24, 2.45) is 0 Å². The molecule has 0 unspecified atom stereocenters. The summed E-state index contributed by atoms with van der Waals surface area (Å²) in [5.41, 5.74) is 5.86. The van der Waals surface area contributed by atoms with E-state index in [1.54, 1.807) is 6.20 Å². The van der Waals surface area contributed by atoms with Crippen LogP contribution in [0.5, 0.6) is 0 Å². The van der Waals surface area contributed by atoms with Crippen LogP contribution in [0.3, 0.4) is 0 Å². The molecule has 6 nitrogen and oxygen atoms in total. The molecule has 1 aliphatic rings. The first kappa shape index (κ1) is 14.2. The quantitative estimate of drug-likeness (QED) is 0.575. The first-order valence-corrected chi connectivity index (χ1v) is 8.44. The van der Waals surface area contributed by atoms with Gasteiger partial charge in [-0.25, -0.2) is 4.98 Å². The van der Waals surface area contributed by atoms with Gasteiger partial charge in [-0.05, 0) is 37.1 Å². The van der Waals surface area contributed by atoms with Crippen molar-refractivity contribution in [2.75, 3.05) is 5.32 Å². The van der Waals surface area contributed by atoms with E-state index in [0.29, 0.717) is 12.5 Å². The largest absolute Gasteiger partial charge is 0.440 e. The Morgan fingerprint density at radius 3 is 3.00 bits per heavy atom. The van der Waals surface area contributed by atoms with Crippen molar-refractivity contribution in [3.8, 4) is 11.3 Å². The van der Waals surface area contributed by atoms with Gasteiger partial charge in [0.2, 0.25) is 0 Å². The fourth-order valence-electron chi connectivity index (χ4n) is 2.96. The van der Waals surface area contributed by atoms with Crippen LogP contribution >= 0.6 is 0 Å². The Bertz CT molecular complexity index is 1020. The Kier molecular flexibility index (Phi) is 3.26. The normalized spacial score (nSPS) is 14.1. The van der Waals surface area contributed by atoms with Gasteiger partial charge in [-0.1, -0.05) is 0 Å². The number of hydrogen-bond acceptors (Lipinski definition) is 5. The lowest BCUT2D eigenvalue weighted by Gasteiger charge is -2.07. The highest BCUT2D eigenvalue weighted by molar-refractivity contribution is 5.77. The predicted octanol–water partition coefficient (Wildman–Crippen LogP) is 4.10. The summed E-state index contributed by atoms with van der Waals surface area (Å²) in [5, 5.41) is 10.7. The molecule has 1 aromatic carbocycles. The van der Waals surface area contributed by atoms with Crippen molar-refractivity contribution in [1.29, 1.82) is 0 Å². The molecule has 1 saturated carbocycles. The monoisotopic (exact) mass is 331 g/mol. The van der Waals surface area contributed by atoms with Crippen LogP contribution in [0, 0.1) is 0 Å². The van der Waals surface area contributed by atoms with E-state index < -0.39 is 0 Å². The molecule has 0 spiro atoms. The smallest absolute Gasteiger partial charge is 0.198 e. The minimum atomic E-state index is 0.525. The van der Waals surface area contributed by atoms with E-state index in [-0.39, 0.29) is 0 Å². The van der Waals surface area contributed by atoms with Crippen molar-refractivity contribution < 1.29 is 4.42 Å². The van der Waals surface area contributed by atoms with Gasteiger partial charge in [0.25, 0.3) is 0 Å².